The Hall–Kier alpha value is -2.04. The Morgan fingerprint density at radius 3 is 2.06 bits per heavy atom. The second-order valence-corrected chi connectivity index (χ2v) is 8.12. The monoisotopic (exact) mass is 434 g/mol. The third kappa shape index (κ3) is 14.6. The van der Waals surface area contributed by atoms with Crippen LogP contribution >= 0.6 is 0 Å². The maximum absolute atomic E-state index is 11.8. The molecule has 0 saturated heterocycles. The van der Waals surface area contributed by atoms with E-state index in [1.54, 1.807) is 0 Å². The third-order valence-corrected chi connectivity index (χ3v) is 5.33. The Morgan fingerprint density at radius 1 is 0.871 bits per heavy atom. The van der Waals surface area contributed by atoms with E-state index in [0.717, 1.165) is 12.8 Å². The molecule has 1 aromatic rings. The number of methoxy groups -OCH3 is 1. The van der Waals surface area contributed by atoms with E-state index in [0.29, 0.717) is 18.1 Å². The number of furan rings is 1. The summed E-state index contributed by atoms with van der Waals surface area (Å²) in [4.78, 5) is 23.0. The Kier molecular flexibility index (Phi) is 16.3. The highest BCUT2D eigenvalue weighted by molar-refractivity contribution is 6.05. The molecule has 0 amide bonds. The van der Waals surface area contributed by atoms with Crippen LogP contribution in [0.15, 0.2) is 28.9 Å². The predicted molar refractivity (Wildman–Crippen MR) is 125 cm³/mol. The molecule has 0 aliphatic heterocycles. The van der Waals surface area contributed by atoms with E-state index >= 15 is 0 Å². The first-order valence-electron chi connectivity index (χ1n) is 12.1. The molecule has 0 aliphatic rings. The molecule has 5 heteroatoms. The second-order valence-electron chi connectivity index (χ2n) is 8.12. The Labute approximate surface area is 188 Å². The number of carbonyl (C=O) groups is 2. The number of hydrogen-bond acceptors (Lipinski definition) is 5. The summed E-state index contributed by atoms with van der Waals surface area (Å²) in [6.45, 7) is 2.83. The summed E-state index contributed by atoms with van der Waals surface area (Å²) in [6.07, 6.45) is 23.5. The maximum Gasteiger partial charge on any atom is 0.313 e. The van der Waals surface area contributed by atoms with Gasteiger partial charge in [0.05, 0.1) is 19.3 Å². The quantitative estimate of drug-likeness (QED) is 0.0701. The summed E-state index contributed by atoms with van der Waals surface area (Å²) in [7, 11) is 1.26. The molecule has 0 N–H and O–H groups in total. The number of ketones is 1. The summed E-state index contributed by atoms with van der Waals surface area (Å²) in [6, 6.07) is 1.53. The normalized spacial score (nSPS) is 11.2. The molecule has 0 aromatic carbocycles. The number of allylic oxidation sites excluding steroid dienone is 2. The summed E-state index contributed by atoms with van der Waals surface area (Å²) >= 11 is 0. The van der Waals surface area contributed by atoms with Gasteiger partial charge >= 0.3 is 5.97 Å². The van der Waals surface area contributed by atoms with Crippen LogP contribution in [0.3, 0.4) is 0 Å². The molecule has 0 saturated carbocycles. The lowest BCUT2D eigenvalue weighted by Crippen LogP contribution is -2.08. The van der Waals surface area contributed by atoms with Crippen LogP contribution in [0, 0.1) is 0 Å². The number of unbranched alkanes of at least 4 members (excludes halogenated alkanes) is 12. The van der Waals surface area contributed by atoms with Crippen molar-refractivity contribution in [1.82, 2.24) is 0 Å². The fourth-order valence-corrected chi connectivity index (χ4v) is 3.37. The number of esters is 1. The molecule has 0 atom stereocenters. The molecule has 0 unspecified atom stereocenters. The average molecular weight is 435 g/mol. The number of carbonyl (C=O) groups excluding carboxylic acids is 2. The predicted octanol–water partition coefficient (Wildman–Crippen LogP) is 7.44. The van der Waals surface area contributed by atoms with Gasteiger partial charge in [-0.25, -0.2) is 0 Å². The van der Waals surface area contributed by atoms with Crippen LogP contribution < -0.4 is 4.74 Å². The molecule has 0 aliphatic carbocycles. The van der Waals surface area contributed by atoms with Crippen LogP contribution in [0.2, 0.25) is 0 Å². The van der Waals surface area contributed by atoms with Gasteiger partial charge in [0.15, 0.2) is 5.78 Å². The van der Waals surface area contributed by atoms with Crippen LogP contribution in [0.1, 0.15) is 114 Å². The molecule has 5 nitrogen and oxygen atoms in total. The SMILES string of the molecule is CCCCCCCC/C=C\CCCCCCCCOc1cc(C(=O)CC(=O)OC)co1. The second kappa shape index (κ2) is 18.7. The largest absolute Gasteiger partial charge is 0.469 e. The molecule has 0 fully saturated rings. The van der Waals surface area contributed by atoms with Crippen LogP contribution in [0.4, 0.5) is 0 Å². The minimum atomic E-state index is -0.558. The van der Waals surface area contributed by atoms with Gasteiger partial charge in [-0.3, -0.25) is 9.59 Å². The molecular formula is C26H42O5. The average Bonchev–Trinajstić information content (AvgIpc) is 3.25. The van der Waals surface area contributed by atoms with Gasteiger partial charge in [0.1, 0.15) is 12.7 Å². The zero-order valence-corrected chi connectivity index (χ0v) is 19.7. The van der Waals surface area contributed by atoms with Gasteiger partial charge in [0.2, 0.25) is 0 Å². The van der Waals surface area contributed by atoms with E-state index in [4.69, 9.17) is 9.15 Å². The minimum absolute atomic E-state index is 0.287. The first-order valence-corrected chi connectivity index (χ1v) is 12.1. The van der Waals surface area contributed by atoms with Gasteiger partial charge in [0.25, 0.3) is 5.95 Å². The van der Waals surface area contributed by atoms with Crippen LogP contribution in [-0.2, 0) is 9.53 Å². The van der Waals surface area contributed by atoms with Gasteiger partial charge < -0.3 is 13.9 Å². The van der Waals surface area contributed by atoms with Gasteiger partial charge in [-0.15, -0.1) is 0 Å². The first kappa shape index (κ1) is 27.0. The Morgan fingerprint density at radius 2 is 1.45 bits per heavy atom. The fraction of sp³-hybridized carbons (Fsp3) is 0.692. The van der Waals surface area contributed by atoms with Gasteiger partial charge in [-0.1, -0.05) is 76.9 Å². The molecule has 1 rings (SSSR count). The van der Waals surface area contributed by atoms with Crippen molar-refractivity contribution in [3.05, 3.63) is 30.0 Å². The van der Waals surface area contributed by atoms with E-state index in [2.05, 4.69) is 23.8 Å². The molecule has 0 bridgehead atoms. The molecule has 1 aromatic heterocycles. The zero-order valence-electron chi connectivity index (χ0n) is 19.7. The summed E-state index contributed by atoms with van der Waals surface area (Å²) in [5, 5.41) is 0. The molecule has 176 valence electrons. The van der Waals surface area contributed by atoms with E-state index in [9.17, 15) is 9.59 Å². The van der Waals surface area contributed by atoms with Gasteiger partial charge in [-0.05, 0) is 32.1 Å². The summed E-state index contributed by atoms with van der Waals surface area (Å²) in [5.74, 6) is -0.568. The Balaban J connectivity index is 1.91. The third-order valence-electron chi connectivity index (χ3n) is 5.33. The van der Waals surface area contributed by atoms with Crippen molar-refractivity contribution in [3.8, 4) is 5.95 Å². The van der Waals surface area contributed by atoms with E-state index in [-0.39, 0.29) is 12.2 Å². The molecular weight excluding hydrogens is 392 g/mol. The highest BCUT2D eigenvalue weighted by Crippen LogP contribution is 2.18. The van der Waals surface area contributed by atoms with Crippen molar-refractivity contribution in [2.45, 2.75) is 103 Å². The molecule has 31 heavy (non-hydrogen) atoms. The van der Waals surface area contributed by atoms with Gasteiger partial charge in [-0.2, -0.15) is 0 Å². The summed E-state index contributed by atoms with van der Waals surface area (Å²) < 4.78 is 15.3. The van der Waals surface area contributed by atoms with Crippen molar-refractivity contribution < 1.29 is 23.5 Å². The highest BCUT2D eigenvalue weighted by atomic mass is 16.6. The lowest BCUT2D eigenvalue weighted by Gasteiger charge is -2.03. The Bertz CT molecular complexity index is 617. The van der Waals surface area contributed by atoms with Crippen molar-refractivity contribution >= 4 is 11.8 Å². The van der Waals surface area contributed by atoms with Crippen LogP contribution in [0.25, 0.3) is 0 Å². The lowest BCUT2D eigenvalue weighted by molar-refractivity contribution is -0.139. The molecule has 0 spiro atoms. The highest BCUT2D eigenvalue weighted by Gasteiger charge is 2.15. The van der Waals surface area contributed by atoms with E-state index < -0.39 is 5.97 Å². The van der Waals surface area contributed by atoms with Crippen LogP contribution in [0.5, 0.6) is 5.95 Å². The fourth-order valence-electron chi connectivity index (χ4n) is 3.37. The van der Waals surface area contributed by atoms with Crippen molar-refractivity contribution in [2.24, 2.45) is 0 Å². The zero-order chi connectivity index (χ0) is 22.6. The topological polar surface area (TPSA) is 65.7 Å². The number of hydrogen-bond donors (Lipinski definition) is 0. The number of rotatable bonds is 20. The van der Waals surface area contributed by atoms with Crippen molar-refractivity contribution in [3.63, 3.8) is 0 Å². The standard InChI is InChI=1S/C26H42O5/c1-3-4-5-6-7-8-9-10-11-12-13-14-15-16-17-18-19-30-26-20-23(22-31-26)24(27)21-25(28)29-2/h10-11,20,22H,3-9,12-19,21H2,1-2H3/b11-10-. The van der Waals surface area contributed by atoms with Gasteiger partial charge in [0, 0.05) is 6.07 Å². The maximum atomic E-state index is 11.8. The smallest absolute Gasteiger partial charge is 0.313 e. The molecule has 1 heterocycles. The first-order chi connectivity index (χ1) is 15.2. The van der Waals surface area contributed by atoms with E-state index in [1.165, 1.54) is 96.5 Å². The number of ether oxygens (including phenoxy) is 2. The number of Topliss-reactive ketones (excluding diaryl/α,β-unsaturated/α-hetero) is 1. The van der Waals surface area contributed by atoms with Crippen molar-refractivity contribution in [2.75, 3.05) is 13.7 Å². The van der Waals surface area contributed by atoms with Crippen LogP contribution in [-0.4, -0.2) is 25.5 Å². The minimum Gasteiger partial charge on any atom is -0.469 e. The van der Waals surface area contributed by atoms with E-state index in [1.807, 2.05) is 0 Å². The van der Waals surface area contributed by atoms with Crippen molar-refractivity contribution in [1.29, 1.82) is 0 Å². The summed E-state index contributed by atoms with van der Waals surface area (Å²) in [5.41, 5.74) is 0.335. The molecule has 0 radical (unpaired) electrons. The lowest BCUT2D eigenvalue weighted by atomic mass is 10.1.